The molecule has 7 nitrogen and oxygen atoms in total. The molecule has 0 saturated heterocycles. The molecule has 0 radical (unpaired) electrons. The maximum Gasteiger partial charge on any atom is 0.276 e. The van der Waals surface area contributed by atoms with Crippen LogP contribution >= 0.6 is 0 Å². The van der Waals surface area contributed by atoms with Crippen LogP contribution in [0.4, 0.5) is 11.4 Å². The Labute approximate surface area is 153 Å². The van der Waals surface area contributed by atoms with Gasteiger partial charge in [-0.25, -0.2) is 4.83 Å². The molecular formula is C18H22N4O3S. The molecule has 0 unspecified atom stereocenters. The van der Waals surface area contributed by atoms with E-state index in [1.165, 1.54) is 25.3 Å². The maximum absolute atomic E-state index is 12.2. The van der Waals surface area contributed by atoms with Crippen molar-refractivity contribution in [2.45, 2.75) is 11.8 Å². The zero-order valence-electron chi connectivity index (χ0n) is 14.9. The van der Waals surface area contributed by atoms with Crippen LogP contribution in [0.3, 0.4) is 0 Å². The summed E-state index contributed by atoms with van der Waals surface area (Å²) in [7, 11) is 0.134. The van der Waals surface area contributed by atoms with Crippen molar-refractivity contribution in [1.29, 1.82) is 0 Å². The van der Waals surface area contributed by atoms with Crippen LogP contribution in [0.2, 0.25) is 0 Å². The number of carbonyl (C=O) groups is 1. The van der Waals surface area contributed by atoms with E-state index in [0.717, 1.165) is 11.3 Å². The topological polar surface area (TPSA) is 90.9 Å². The molecule has 0 fully saturated rings. The van der Waals surface area contributed by atoms with Gasteiger partial charge in [0.25, 0.3) is 10.0 Å². The molecule has 2 N–H and O–H groups in total. The maximum atomic E-state index is 12.2. The minimum absolute atomic E-state index is 0.00341. The van der Waals surface area contributed by atoms with Crippen LogP contribution in [0, 0.1) is 0 Å². The molecule has 0 aliphatic rings. The lowest BCUT2D eigenvalue weighted by molar-refractivity contribution is -0.115. The Balaban J connectivity index is 2.00. The fourth-order valence-electron chi connectivity index (χ4n) is 2.06. The average Bonchev–Trinajstić information content (AvgIpc) is 2.60. The summed E-state index contributed by atoms with van der Waals surface area (Å²) in [4.78, 5) is 15.2. The first-order valence-electron chi connectivity index (χ1n) is 7.93. The molecule has 0 amide bonds. The summed E-state index contributed by atoms with van der Waals surface area (Å²) < 4.78 is 24.5. The second-order valence-corrected chi connectivity index (χ2v) is 7.58. The predicted molar refractivity (Wildman–Crippen MR) is 104 cm³/mol. The Kier molecular flexibility index (Phi) is 6.35. The van der Waals surface area contributed by atoms with E-state index in [-0.39, 0.29) is 17.2 Å². The zero-order valence-corrected chi connectivity index (χ0v) is 15.7. The van der Waals surface area contributed by atoms with Gasteiger partial charge < -0.3 is 10.2 Å². The van der Waals surface area contributed by atoms with Gasteiger partial charge in [-0.05, 0) is 48.9 Å². The predicted octanol–water partition coefficient (Wildman–Crippen LogP) is 2.07. The quantitative estimate of drug-likeness (QED) is 0.545. The van der Waals surface area contributed by atoms with Crippen molar-refractivity contribution in [2.24, 2.45) is 5.10 Å². The number of ketones is 1. The number of benzene rings is 2. The van der Waals surface area contributed by atoms with Crippen molar-refractivity contribution in [3.63, 3.8) is 0 Å². The number of sulfonamides is 1. The van der Waals surface area contributed by atoms with E-state index in [0.29, 0.717) is 5.69 Å². The molecule has 2 aromatic rings. The van der Waals surface area contributed by atoms with Gasteiger partial charge in [-0.3, -0.25) is 4.79 Å². The molecular weight excluding hydrogens is 352 g/mol. The van der Waals surface area contributed by atoms with Crippen LogP contribution in [-0.4, -0.2) is 41.1 Å². The fraction of sp³-hybridized carbons (Fsp3) is 0.222. The summed E-state index contributed by atoms with van der Waals surface area (Å²) in [6.45, 7) is 1.67. The molecule has 0 atom stereocenters. The van der Waals surface area contributed by atoms with Gasteiger partial charge >= 0.3 is 0 Å². The Bertz CT molecular complexity index is 874. The third-order valence-corrected chi connectivity index (χ3v) is 4.74. The molecule has 0 spiro atoms. The van der Waals surface area contributed by atoms with Crippen LogP contribution in [0.5, 0.6) is 0 Å². The van der Waals surface area contributed by atoms with Crippen LogP contribution in [0.15, 0.2) is 58.5 Å². The number of hydrogen-bond acceptors (Lipinski definition) is 6. The minimum atomic E-state index is -3.75. The Morgan fingerprint density at radius 3 is 2.23 bits per heavy atom. The highest BCUT2D eigenvalue weighted by atomic mass is 32.2. The normalized spacial score (nSPS) is 11.3. The molecule has 8 heteroatoms. The van der Waals surface area contributed by atoms with E-state index >= 15 is 0 Å². The van der Waals surface area contributed by atoms with Gasteiger partial charge in [-0.1, -0.05) is 12.1 Å². The van der Waals surface area contributed by atoms with Gasteiger partial charge in [0.05, 0.1) is 17.7 Å². The largest absolute Gasteiger partial charge is 0.378 e. The summed E-state index contributed by atoms with van der Waals surface area (Å²) >= 11 is 0. The van der Waals surface area contributed by atoms with Crippen LogP contribution < -0.4 is 15.0 Å². The summed E-state index contributed by atoms with van der Waals surface area (Å²) in [6.07, 6.45) is 1.44. The average molecular weight is 374 g/mol. The summed E-state index contributed by atoms with van der Waals surface area (Å²) in [5, 5.41) is 6.71. The zero-order chi connectivity index (χ0) is 19.2. The number of hydrogen-bond donors (Lipinski definition) is 2. The van der Waals surface area contributed by atoms with Crippen molar-refractivity contribution in [1.82, 2.24) is 4.83 Å². The van der Waals surface area contributed by atoms with Gasteiger partial charge in [0.15, 0.2) is 0 Å². The van der Waals surface area contributed by atoms with E-state index in [1.54, 1.807) is 12.1 Å². The van der Waals surface area contributed by atoms with Gasteiger partial charge in [-0.2, -0.15) is 13.5 Å². The van der Waals surface area contributed by atoms with E-state index in [4.69, 9.17) is 0 Å². The van der Waals surface area contributed by atoms with Crippen molar-refractivity contribution in [3.8, 4) is 0 Å². The van der Waals surface area contributed by atoms with Crippen molar-refractivity contribution in [3.05, 3.63) is 54.1 Å². The molecule has 0 saturated carbocycles. The minimum Gasteiger partial charge on any atom is -0.378 e. The van der Waals surface area contributed by atoms with E-state index < -0.39 is 10.0 Å². The monoisotopic (exact) mass is 374 g/mol. The standard InChI is InChI=1S/C18H22N4O3S/c1-14(23)12-19-16-6-10-18(11-7-16)26(24,25)21-20-13-15-4-8-17(9-5-15)22(2)3/h4-11,13,19,21H,12H2,1-3H3/b20-13+. The van der Waals surface area contributed by atoms with Crippen LogP contribution in [0.25, 0.3) is 0 Å². The Morgan fingerprint density at radius 1 is 1.08 bits per heavy atom. The van der Waals surface area contributed by atoms with Crippen molar-refractivity contribution < 1.29 is 13.2 Å². The number of Topliss-reactive ketones (excluding diaryl/α,β-unsaturated/α-hetero) is 1. The van der Waals surface area contributed by atoms with Gasteiger partial charge in [0, 0.05) is 25.5 Å². The van der Waals surface area contributed by atoms with E-state index in [1.807, 2.05) is 43.3 Å². The van der Waals surface area contributed by atoms with Crippen LogP contribution in [0.1, 0.15) is 12.5 Å². The molecule has 0 heterocycles. The summed E-state index contributed by atoms with van der Waals surface area (Å²) in [6, 6.07) is 13.6. The first kappa shape index (κ1) is 19.5. The first-order valence-corrected chi connectivity index (χ1v) is 9.42. The fourth-order valence-corrected chi connectivity index (χ4v) is 2.85. The highest BCUT2D eigenvalue weighted by Gasteiger charge is 2.12. The molecule has 0 aliphatic heterocycles. The first-order chi connectivity index (χ1) is 12.3. The molecule has 0 aliphatic carbocycles. The van der Waals surface area contributed by atoms with Crippen molar-refractivity contribution >= 4 is 33.4 Å². The number of carbonyl (C=O) groups excluding carboxylic acids is 1. The number of nitrogens with one attached hydrogen (secondary N) is 2. The molecule has 0 aromatic heterocycles. The Morgan fingerprint density at radius 2 is 1.69 bits per heavy atom. The van der Waals surface area contributed by atoms with Crippen LogP contribution in [-0.2, 0) is 14.8 Å². The number of nitrogens with zero attached hydrogens (tertiary/aromatic N) is 2. The highest BCUT2D eigenvalue weighted by molar-refractivity contribution is 7.89. The third-order valence-electron chi connectivity index (χ3n) is 3.50. The van der Waals surface area contributed by atoms with E-state index in [9.17, 15) is 13.2 Å². The Hall–Kier alpha value is -2.87. The summed E-state index contributed by atoms with van der Waals surface area (Å²) in [5.41, 5.74) is 2.49. The van der Waals surface area contributed by atoms with Gasteiger partial charge in [-0.15, -0.1) is 0 Å². The second-order valence-electron chi connectivity index (χ2n) is 5.92. The number of hydrazone groups is 1. The molecule has 26 heavy (non-hydrogen) atoms. The molecule has 2 rings (SSSR count). The second kappa shape index (κ2) is 8.48. The summed E-state index contributed by atoms with van der Waals surface area (Å²) in [5.74, 6) is -0.00341. The lowest BCUT2D eigenvalue weighted by Crippen LogP contribution is -2.18. The van der Waals surface area contributed by atoms with E-state index in [2.05, 4.69) is 15.2 Å². The van der Waals surface area contributed by atoms with Crippen molar-refractivity contribution in [2.75, 3.05) is 30.9 Å². The number of rotatable bonds is 8. The SMILES string of the molecule is CC(=O)CNc1ccc(S(=O)(=O)N/N=C/c2ccc(N(C)C)cc2)cc1. The van der Waals surface area contributed by atoms with Gasteiger partial charge in [0.1, 0.15) is 5.78 Å². The highest BCUT2D eigenvalue weighted by Crippen LogP contribution is 2.14. The third kappa shape index (κ3) is 5.59. The molecule has 2 aromatic carbocycles. The lowest BCUT2D eigenvalue weighted by Gasteiger charge is -2.11. The lowest BCUT2D eigenvalue weighted by atomic mass is 10.2. The number of anilines is 2. The van der Waals surface area contributed by atoms with Gasteiger partial charge in [0.2, 0.25) is 0 Å². The molecule has 138 valence electrons. The molecule has 0 bridgehead atoms. The smallest absolute Gasteiger partial charge is 0.276 e.